The number of anilines is 1. The fourth-order valence-corrected chi connectivity index (χ4v) is 4.43. The van der Waals surface area contributed by atoms with Crippen LogP contribution in [-0.4, -0.2) is 57.2 Å². The first-order valence-corrected chi connectivity index (χ1v) is 10.7. The molecule has 4 rings (SSSR count). The molecule has 2 aromatic heterocycles. The standard InChI is InChI=1S/C21H25F3N6O2/c1-13-16-6-5-14(18(16)27-28-19(13)32)3-2-4-17(31)29-7-9-30(10-8-29)20-25-11-15(12-26-20)21(22,23)24/h11-12,14H,2-10H2,1H3,(H,28,32)/t14-/m1/s1. The summed E-state index contributed by atoms with van der Waals surface area (Å²) in [7, 11) is 0. The van der Waals surface area contributed by atoms with Crippen LogP contribution in [0.3, 0.4) is 0 Å². The Morgan fingerprint density at radius 2 is 1.88 bits per heavy atom. The minimum atomic E-state index is -4.46. The lowest BCUT2D eigenvalue weighted by atomic mass is 9.99. The maximum atomic E-state index is 12.7. The topological polar surface area (TPSA) is 95.1 Å². The quantitative estimate of drug-likeness (QED) is 0.752. The molecule has 0 unspecified atom stereocenters. The lowest BCUT2D eigenvalue weighted by Crippen LogP contribution is -2.49. The summed E-state index contributed by atoms with van der Waals surface area (Å²) in [4.78, 5) is 35.5. The Morgan fingerprint density at radius 1 is 1.19 bits per heavy atom. The van der Waals surface area contributed by atoms with Crippen molar-refractivity contribution >= 4 is 11.9 Å². The van der Waals surface area contributed by atoms with Crippen molar-refractivity contribution in [3.05, 3.63) is 45.1 Å². The van der Waals surface area contributed by atoms with Crippen molar-refractivity contribution in [2.24, 2.45) is 0 Å². The summed E-state index contributed by atoms with van der Waals surface area (Å²) in [5.41, 5.74) is 1.73. The minimum absolute atomic E-state index is 0.0711. The zero-order chi connectivity index (χ0) is 22.9. The van der Waals surface area contributed by atoms with Crippen LogP contribution in [0, 0.1) is 6.92 Å². The van der Waals surface area contributed by atoms with E-state index in [0.717, 1.165) is 54.9 Å². The third kappa shape index (κ3) is 4.61. The summed E-state index contributed by atoms with van der Waals surface area (Å²) in [5, 5.41) is 6.79. The zero-order valence-corrected chi connectivity index (χ0v) is 17.8. The van der Waals surface area contributed by atoms with E-state index in [1.807, 2.05) is 6.92 Å². The molecule has 0 radical (unpaired) electrons. The monoisotopic (exact) mass is 450 g/mol. The molecule has 1 aliphatic carbocycles. The van der Waals surface area contributed by atoms with Crippen molar-refractivity contribution < 1.29 is 18.0 Å². The molecule has 0 bridgehead atoms. The molecular weight excluding hydrogens is 425 g/mol. The highest BCUT2D eigenvalue weighted by Crippen LogP contribution is 2.35. The molecule has 1 saturated heterocycles. The Hall–Kier alpha value is -2.98. The van der Waals surface area contributed by atoms with Crippen LogP contribution in [0.4, 0.5) is 19.1 Å². The van der Waals surface area contributed by atoms with Gasteiger partial charge in [-0.1, -0.05) is 0 Å². The van der Waals surface area contributed by atoms with Gasteiger partial charge in [-0.05, 0) is 38.2 Å². The average molecular weight is 450 g/mol. The third-order valence-electron chi connectivity index (χ3n) is 6.33. The van der Waals surface area contributed by atoms with Gasteiger partial charge in [0.15, 0.2) is 0 Å². The number of nitrogens with one attached hydrogen (secondary N) is 1. The molecule has 1 fully saturated rings. The molecular formula is C21H25F3N6O2. The highest BCUT2D eigenvalue weighted by atomic mass is 19.4. The second kappa shape index (κ2) is 8.87. The number of nitrogens with zero attached hydrogens (tertiary/aromatic N) is 5. The van der Waals surface area contributed by atoms with Crippen LogP contribution in [-0.2, 0) is 17.4 Å². The first-order valence-electron chi connectivity index (χ1n) is 10.7. The molecule has 1 aliphatic heterocycles. The van der Waals surface area contributed by atoms with Gasteiger partial charge in [-0.2, -0.15) is 18.3 Å². The van der Waals surface area contributed by atoms with Gasteiger partial charge in [0.2, 0.25) is 11.9 Å². The predicted molar refractivity (Wildman–Crippen MR) is 110 cm³/mol. The van der Waals surface area contributed by atoms with Gasteiger partial charge in [-0.25, -0.2) is 15.1 Å². The first-order chi connectivity index (χ1) is 15.2. The summed E-state index contributed by atoms with van der Waals surface area (Å²) in [6.45, 7) is 3.74. The number of amides is 1. The van der Waals surface area contributed by atoms with Crippen molar-refractivity contribution in [3.63, 3.8) is 0 Å². The number of rotatable bonds is 5. The predicted octanol–water partition coefficient (Wildman–Crippen LogP) is 2.44. The lowest BCUT2D eigenvalue weighted by Gasteiger charge is -2.34. The summed E-state index contributed by atoms with van der Waals surface area (Å²) < 4.78 is 38.0. The molecule has 1 atom stereocenters. The molecule has 1 N–H and O–H groups in total. The van der Waals surface area contributed by atoms with Crippen molar-refractivity contribution in [2.75, 3.05) is 31.1 Å². The Bertz CT molecular complexity index is 1030. The van der Waals surface area contributed by atoms with Crippen LogP contribution in [0.5, 0.6) is 0 Å². The van der Waals surface area contributed by atoms with Gasteiger partial charge in [0.05, 0.1) is 11.3 Å². The van der Waals surface area contributed by atoms with Crippen molar-refractivity contribution in [3.8, 4) is 0 Å². The number of alkyl halides is 3. The van der Waals surface area contributed by atoms with E-state index in [4.69, 9.17) is 0 Å². The Kier molecular flexibility index (Phi) is 6.16. The van der Waals surface area contributed by atoms with Gasteiger partial charge in [-0.15, -0.1) is 0 Å². The largest absolute Gasteiger partial charge is 0.419 e. The number of carbonyl (C=O) groups is 1. The van der Waals surface area contributed by atoms with E-state index in [1.54, 1.807) is 9.80 Å². The molecule has 1 amide bonds. The molecule has 0 aromatic carbocycles. The second-order valence-electron chi connectivity index (χ2n) is 8.31. The SMILES string of the molecule is Cc1c2c(n[nH]c1=O)[C@H](CCCC(=O)N1CCN(c3ncc(C(F)(F)F)cn3)CC1)CC2. The van der Waals surface area contributed by atoms with Gasteiger partial charge in [0.25, 0.3) is 5.56 Å². The van der Waals surface area contributed by atoms with Crippen LogP contribution in [0.2, 0.25) is 0 Å². The Labute approximate surface area is 182 Å². The van der Waals surface area contributed by atoms with Gasteiger partial charge in [-0.3, -0.25) is 9.59 Å². The maximum absolute atomic E-state index is 12.7. The Morgan fingerprint density at radius 3 is 2.53 bits per heavy atom. The van der Waals surface area contributed by atoms with E-state index in [2.05, 4.69) is 20.2 Å². The van der Waals surface area contributed by atoms with Crippen LogP contribution < -0.4 is 10.5 Å². The zero-order valence-electron chi connectivity index (χ0n) is 17.8. The molecule has 32 heavy (non-hydrogen) atoms. The molecule has 2 aromatic rings. The first kappa shape index (κ1) is 22.2. The molecule has 2 aliphatic rings. The second-order valence-corrected chi connectivity index (χ2v) is 8.31. The number of aromatic amines is 1. The van der Waals surface area contributed by atoms with Crippen LogP contribution in [0.1, 0.15) is 54.0 Å². The number of carbonyl (C=O) groups excluding carboxylic acids is 1. The number of hydrogen-bond donors (Lipinski definition) is 1. The molecule has 0 spiro atoms. The minimum Gasteiger partial charge on any atom is -0.339 e. The number of piperazine rings is 1. The van der Waals surface area contributed by atoms with Crippen molar-refractivity contribution in [1.82, 2.24) is 25.1 Å². The summed E-state index contributed by atoms with van der Waals surface area (Å²) >= 11 is 0. The molecule has 172 valence electrons. The third-order valence-corrected chi connectivity index (χ3v) is 6.33. The highest BCUT2D eigenvalue weighted by Gasteiger charge is 2.32. The van der Waals surface area contributed by atoms with E-state index in [9.17, 15) is 22.8 Å². The van der Waals surface area contributed by atoms with Gasteiger partial charge in [0, 0.05) is 56.5 Å². The van der Waals surface area contributed by atoms with E-state index in [1.165, 1.54) is 0 Å². The number of fused-ring (bicyclic) bond motifs is 1. The molecule has 0 saturated carbocycles. The van der Waals surface area contributed by atoms with Crippen LogP contribution in [0.15, 0.2) is 17.2 Å². The summed E-state index contributed by atoms with van der Waals surface area (Å²) in [5.74, 6) is 0.578. The van der Waals surface area contributed by atoms with Gasteiger partial charge in [0.1, 0.15) is 0 Å². The van der Waals surface area contributed by atoms with Gasteiger partial charge >= 0.3 is 6.18 Å². The fraction of sp³-hybridized carbons (Fsp3) is 0.571. The van der Waals surface area contributed by atoms with E-state index in [-0.39, 0.29) is 23.3 Å². The van der Waals surface area contributed by atoms with E-state index in [0.29, 0.717) is 32.6 Å². The van der Waals surface area contributed by atoms with E-state index < -0.39 is 11.7 Å². The average Bonchev–Trinajstić information content (AvgIpc) is 3.19. The van der Waals surface area contributed by atoms with Gasteiger partial charge < -0.3 is 9.80 Å². The summed E-state index contributed by atoms with van der Waals surface area (Å²) in [6, 6.07) is 0. The number of aromatic nitrogens is 4. The van der Waals surface area contributed by atoms with E-state index >= 15 is 0 Å². The smallest absolute Gasteiger partial charge is 0.339 e. The van der Waals surface area contributed by atoms with Crippen molar-refractivity contribution in [2.45, 2.75) is 51.1 Å². The number of H-pyrrole nitrogens is 1. The normalized spacial score (nSPS) is 18.7. The molecule has 3 heterocycles. The highest BCUT2D eigenvalue weighted by molar-refractivity contribution is 5.76. The number of hydrogen-bond acceptors (Lipinski definition) is 6. The van der Waals surface area contributed by atoms with Crippen LogP contribution in [0.25, 0.3) is 0 Å². The number of halogens is 3. The molecule has 8 nitrogen and oxygen atoms in total. The summed E-state index contributed by atoms with van der Waals surface area (Å²) in [6.07, 6.45) is 0.925. The van der Waals surface area contributed by atoms with Crippen molar-refractivity contribution in [1.29, 1.82) is 0 Å². The maximum Gasteiger partial charge on any atom is 0.419 e. The molecule has 11 heteroatoms. The van der Waals surface area contributed by atoms with Crippen LogP contribution >= 0.6 is 0 Å². The lowest BCUT2D eigenvalue weighted by molar-refractivity contribution is -0.138. The Balaban J connectivity index is 1.24. The fourth-order valence-electron chi connectivity index (χ4n) is 4.43.